The van der Waals surface area contributed by atoms with Crippen LogP contribution in [0.5, 0.6) is 0 Å². The van der Waals surface area contributed by atoms with Gasteiger partial charge in [0.15, 0.2) is 0 Å². The van der Waals surface area contributed by atoms with E-state index in [4.69, 9.17) is 4.74 Å². The Hall–Kier alpha value is -1.00. The van der Waals surface area contributed by atoms with Gasteiger partial charge in [0, 0.05) is 24.7 Å². The predicted octanol–water partition coefficient (Wildman–Crippen LogP) is 3.20. The largest absolute Gasteiger partial charge is 0.381 e. The highest BCUT2D eigenvalue weighted by atomic mass is 32.2. The van der Waals surface area contributed by atoms with Gasteiger partial charge < -0.3 is 10.1 Å². The fourth-order valence-corrected chi connectivity index (χ4v) is 3.56. The molecule has 0 radical (unpaired) electrons. The molecule has 1 amide bonds. The molecular weight excluding hydrogens is 294 g/mol. The van der Waals surface area contributed by atoms with Crippen LogP contribution in [0.4, 0.5) is 0 Å². The first-order chi connectivity index (χ1) is 10.8. The number of fused-ring (bicyclic) bond motifs is 1. The van der Waals surface area contributed by atoms with Gasteiger partial charge in [0.05, 0.1) is 5.75 Å². The molecule has 1 aromatic rings. The third kappa shape index (κ3) is 5.03. The number of hydrogen-bond acceptors (Lipinski definition) is 3. The molecule has 0 heterocycles. The van der Waals surface area contributed by atoms with E-state index in [-0.39, 0.29) is 5.91 Å². The molecule has 3 nitrogen and oxygen atoms in total. The van der Waals surface area contributed by atoms with E-state index < -0.39 is 0 Å². The van der Waals surface area contributed by atoms with Crippen LogP contribution in [-0.2, 0) is 22.4 Å². The molecule has 0 spiro atoms. The van der Waals surface area contributed by atoms with Crippen LogP contribution in [0.3, 0.4) is 0 Å². The minimum Gasteiger partial charge on any atom is -0.381 e. The van der Waals surface area contributed by atoms with Crippen molar-refractivity contribution in [2.45, 2.75) is 43.4 Å². The van der Waals surface area contributed by atoms with Crippen molar-refractivity contribution in [2.75, 3.05) is 25.5 Å². The number of rotatable bonds is 9. The van der Waals surface area contributed by atoms with Gasteiger partial charge >= 0.3 is 0 Å². The average Bonchev–Trinajstić information content (AvgIpc) is 3.23. The summed E-state index contributed by atoms with van der Waals surface area (Å²) in [4.78, 5) is 13.0. The summed E-state index contributed by atoms with van der Waals surface area (Å²) < 4.78 is 5.55. The highest BCUT2D eigenvalue weighted by molar-refractivity contribution is 8.00. The first kappa shape index (κ1) is 15.9. The van der Waals surface area contributed by atoms with Gasteiger partial charge in [-0.25, -0.2) is 0 Å². The SMILES string of the molecule is O=C(CSc1ccc2c(c1)CCC2)NCCCOCC1CC1. The second kappa shape index (κ2) is 8.02. The molecule has 1 fully saturated rings. The van der Waals surface area contributed by atoms with Crippen LogP contribution in [0.1, 0.15) is 36.8 Å². The van der Waals surface area contributed by atoms with Gasteiger partial charge in [-0.2, -0.15) is 0 Å². The maximum Gasteiger partial charge on any atom is 0.230 e. The summed E-state index contributed by atoms with van der Waals surface area (Å²) in [6.45, 7) is 2.38. The molecule has 1 N–H and O–H groups in total. The summed E-state index contributed by atoms with van der Waals surface area (Å²) in [6.07, 6.45) is 7.24. The Morgan fingerprint density at radius 1 is 1.27 bits per heavy atom. The normalized spacial score (nSPS) is 16.5. The van der Waals surface area contributed by atoms with Crippen molar-refractivity contribution in [1.29, 1.82) is 0 Å². The van der Waals surface area contributed by atoms with Crippen molar-refractivity contribution in [3.05, 3.63) is 29.3 Å². The van der Waals surface area contributed by atoms with E-state index in [0.29, 0.717) is 12.3 Å². The first-order valence-corrected chi connectivity index (χ1v) is 9.39. The zero-order valence-electron chi connectivity index (χ0n) is 13.1. The molecule has 0 aromatic heterocycles. The lowest BCUT2D eigenvalue weighted by Gasteiger charge is -2.07. The fraction of sp³-hybridized carbons (Fsp3) is 0.611. The molecule has 3 rings (SSSR count). The van der Waals surface area contributed by atoms with Gasteiger partial charge in [0.25, 0.3) is 0 Å². The van der Waals surface area contributed by atoms with Gasteiger partial charge in [-0.3, -0.25) is 4.79 Å². The molecule has 0 unspecified atom stereocenters. The molecule has 120 valence electrons. The highest BCUT2D eigenvalue weighted by Crippen LogP contribution is 2.29. The van der Waals surface area contributed by atoms with Gasteiger partial charge in [0.1, 0.15) is 0 Å². The van der Waals surface area contributed by atoms with E-state index in [9.17, 15) is 4.79 Å². The molecule has 2 aliphatic rings. The number of amides is 1. The van der Waals surface area contributed by atoms with Crippen molar-refractivity contribution in [2.24, 2.45) is 5.92 Å². The van der Waals surface area contributed by atoms with E-state index in [1.807, 2.05) is 0 Å². The van der Waals surface area contributed by atoms with E-state index >= 15 is 0 Å². The van der Waals surface area contributed by atoms with Crippen LogP contribution in [0, 0.1) is 5.92 Å². The van der Waals surface area contributed by atoms with Crippen molar-refractivity contribution < 1.29 is 9.53 Å². The summed E-state index contributed by atoms with van der Waals surface area (Å²) in [6, 6.07) is 6.62. The number of hydrogen-bond donors (Lipinski definition) is 1. The Labute approximate surface area is 137 Å². The second-order valence-electron chi connectivity index (χ2n) is 6.29. The maximum absolute atomic E-state index is 11.8. The molecular formula is C18H25NO2S. The molecule has 0 saturated heterocycles. The lowest BCUT2D eigenvalue weighted by atomic mass is 10.1. The van der Waals surface area contributed by atoms with Gasteiger partial charge in [-0.1, -0.05) is 6.07 Å². The van der Waals surface area contributed by atoms with E-state index in [2.05, 4.69) is 23.5 Å². The zero-order chi connectivity index (χ0) is 15.2. The Kier molecular flexibility index (Phi) is 5.79. The maximum atomic E-state index is 11.8. The lowest BCUT2D eigenvalue weighted by molar-refractivity contribution is -0.118. The Morgan fingerprint density at radius 3 is 3.00 bits per heavy atom. The molecule has 0 bridgehead atoms. The van der Waals surface area contributed by atoms with Crippen LogP contribution in [0.2, 0.25) is 0 Å². The summed E-state index contributed by atoms with van der Waals surface area (Å²) in [5.74, 6) is 1.44. The molecule has 0 atom stereocenters. The summed E-state index contributed by atoms with van der Waals surface area (Å²) in [5.41, 5.74) is 2.96. The number of nitrogens with one attached hydrogen (secondary N) is 1. The topological polar surface area (TPSA) is 38.3 Å². The number of carbonyl (C=O) groups excluding carboxylic acids is 1. The Bertz CT molecular complexity index is 514. The van der Waals surface area contributed by atoms with Gasteiger partial charge in [-0.15, -0.1) is 11.8 Å². The average molecular weight is 319 g/mol. The number of ether oxygens (including phenoxy) is 1. The van der Waals surface area contributed by atoms with Crippen LogP contribution < -0.4 is 5.32 Å². The third-order valence-corrected chi connectivity index (χ3v) is 5.27. The first-order valence-electron chi connectivity index (χ1n) is 8.40. The second-order valence-corrected chi connectivity index (χ2v) is 7.34. The predicted molar refractivity (Wildman–Crippen MR) is 90.4 cm³/mol. The van der Waals surface area contributed by atoms with Crippen molar-refractivity contribution in [3.8, 4) is 0 Å². The van der Waals surface area contributed by atoms with Crippen LogP contribution in [0.25, 0.3) is 0 Å². The number of thioether (sulfide) groups is 1. The van der Waals surface area contributed by atoms with E-state index in [1.165, 1.54) is 48.1 Å². The standard InChI is InChI=1S/C18H25NO2S/c20-18(19-9-2-10-21-12-14-5-6-14)13-22-17-8-7-15-3-1-4-16(15)11-17/h7-8,11,14H,1-6,9-10,12-13H2,(H,19,20). The minimum absolute atomic E-state index is 0.118. The molecule has 1 aromatic carbocycles. The van der Waals surface area contributed by atoms with E-state index in [0.717, 1.165) is 25.6 Å². The van der Waals surface area contributed by atoms with Gasteiger partial charge in [0.2, 0.25) is 5.91 Å². The minimum atomic E-state index is 0.118. The smallest absolute Gasteiger partial charge is 0.230 e. The van der Waals surface area contributed by atoms with Crippen LogP contribution >= 0.6 is 11.8 Å². The monoisotopic (exact) mass is 319 g/mol. The third-order valence-electron chi connectivity index (χ3n) is 4.28. The Balaban J connectivity index is 1.27. The lowest BCUT2D eigenvalue weighted by Crippen LogP contribution is -2.26. The van der Waals surface area contributed by atoms with Crippen molar-refractivity contribution in [3.63, 3.8) is 0 Å². The molecule has 4 heteroatoms. The molecule has 22 heavy (non-hydrogen) atoms. The number of aryl methyl sites for hydroxylation is 2. The van der Waals surface area contributed by atoms with Gasteiger partial charge in [-0.05, 0) is 67.7 Å². The highest BCUT2D eigenvalue weighted by Gasteiger charge is 2.20. The summed E-state index contributed by atoms with van der Waals surface area (Å²) >= 11 is 1.63. The zero-order valence-corrected chi connectivity index (χ0v) is 13.9. The van der Waals surface area contributed by atoms with Crippen molar-refractivity contribution in [1.82, 2.24) is 5.32 Å². The summed E-state index contributed by atoms with van der Waals surface area (Å²) in [7, 11) is 0. The fourth-order valence-electron chi connectivity index (χ4n) is 2.77. The van der Waals surface area contributed by atoms with Crippen LogP contribution in [-0.4, -0.2) is 31.4 Å². The number of benzene rings is 1. The molecule has 0 aliphatic heterocycles. The van der Waals surface area contributed by atoms with Crippen molar-refractivity contribution >= 4 is 17.7 Å². The quantitative estimate of drug-likeness (QED) is 0.561. The molecule has 1 saturated carbocycles. The number of carbonyl (C=O) groups is 1. The molecule has 2 aliphatic carbocycles. The van der Waals surface area contributed by atoms with Crippen LogP contribution in [0.15, 0.2) is 23.1 Å². The Morgan fingerprint density at radius 2 is 2.14 bits per heavy atom. The van der Waals surface area contributed by atoms with E-state index in [1.54, 1.807) is 11.8 Å². The summed E-state index contributed by atoms with van der Waals surface area (Å²) in [5, 5.41) is 2.97.